The van der Waals surface area contributed by atoms with Crippen molar-refractivity contribution in [2.45, 2.75) is 0 Å². The van der Waals surface area contributed by atoms with Gasteiger partial charge in [-0.1, -0.05) is 133 Å². The zero-order valence-electron chi connectivity index (χ0n) is 26.5. The number of benzene rings is 8. The van der Waals surface area contributed by atoms with Gasteiger partial charge in [-0.05, 0) is 75.5 Å². The SMILES string of the molecule is c1ccc(-c2ccc(N(c3cccc4c3sc3c(-c5ccc6ccccc6c5)cccc34)c3cccc4oc5ccccc5c34)cc2)cc1. The summed E-state index contributed by atoms with van der Waals surface area (Å²) in [5.41, 5.74) is 10.0. The summed E-state index contributed by atoms with van der Waals surface area (Å²) in [5.74, 6) is 0. The molecule has 0 fully saturated rings. The molecule has 0 amide bonds. The molecule has 0 atom stereocenters. The Hall–Kier alpha value is -6.16. The largest absolute Gasteiger partial charge is 0.456 e. The van der Waals surface area contributed by atoms with E-state index in [1.807, 2.05) is 17.4 Å². The summed E-state index contributed by atoms with van der Waals surface area (Å²) in [5, 5.41) is 7.27. The molecule has 0 saturated carbocycles. The van der Waals surface area contributed by atoms with Crippen molar-refractivity contribution in [3.8, 4) is 22.3 Å². The first-order chi connectivity index (χ1) is 24.3. The van der Waals surface area contributed by atoms with Crippen LogP contribution in [-0.4, -0.2) is 0 Å². The second-order valence-corrected chi connectivity index (χ2v) is 13.5. The highest BCUT2D eigenvalue weighted by Gasteiger charge is 2.23. The average molecular weight is 644 g/mol. The van der Waals surface area contributed by atoms with Crippen LogP contribution in [0.4, 0.5) is 17.1 Å². The number of anilines is 3. The molecule has 10 aromatic rings. The molecule has 0 radical (unpaired) electrons. The fourth-order valence-corrected chi connectivity index (χ4v) is 8.69. The second kappa shape index (κ2) is 11.2. The summed E-state index contributed by atoms with van der Waals surface area (Å²) < 4.78 is 8.95. The molecule has 0 unspecified atom stereocenters. The molecule has 2 heterocycles. The summed E-state index contributed by atoms with van der Waals surface area (Å²) in [7, 11) is 0. The number of furan rings is 1. The molecule has 0 aliphatic carbocycles. The Morgan fingerprint density at radius 3 is 1.92 bits per heavy atom. The van der Waals surface area contributed by atoms with Gasteiger partial charge in [0, 0.05) is 26.5 Å². The van der Waals surface area contributed by atoms with E-state index in [2.05, 4.69) is 175 Å². The highest BCUT2D eigenvalue weighted by molar-refractivity contribution is 7.27. The molecule has 8 aromatic carbocycles. The molecule has 3 heteroatoms. The van der Waals surface area contributed by atoms with Crippen LogP contribution < -0.4 is 4.90 Å². The van der Waals surface area contributed by atoms with E-state index in [1.165, 1.54) is 53.2 Å². The number of nitrogens with zero attached hydrogens (tertiary/aromatic N) is 1. The van der Waals surface area contributed by atoms with Crippen LogP contribution in [0, 0.1) is 0 Å². The first-order valence-corrected chi connectivity index (χ1v) is 17.4. The minimum absolute atomic E-state index is 0.881. The Bertz CT molecular complexity index is 2830. The van der Waals surface area contributed by atoms with Crippen LogP contribution in [0.15, 0.2) is 180 Å². The van der Waals surface area contributed by atoms with Gasteiger partial charge in [-0.2, -0.15) is 0 Å². The summed E-state index contributed by atoms with van der Waals surface area (Å²) in [4.78, 5) is 2.42. The molecule has 2 aromatic heterocycles. The van der Waals surface area contributed by atoms with Gasteiger partial charge in [-0.3, -0.25) is 0 Å². The van der Waals surface area contributed by atoms with E-state index >= 15 is 0 Å². The van der Waals surface area contributed by atoms with Gasteiger partial charge in [-0.25, -0.2) is 0 Å². The molecule has 0 saturated heterocycles. The van der Waals surface area contributed by atoms with Crippen LogP contribution >= 0.6 is 11.3 Å². The van der Waals surface area contributed by atoms with Crippen molar-refractivity contribution >= 4 is 81.3 Å². The van der Waals surface area contributed by atoms with E-state index in [-0.39, 0.29) is 0 Å². The summed E-state index contributed by atoms with van der Waals surface area (Å²) in [6.07, 6.45) is 0. The van der Waals surface area contributed by atoms with Crippen molar-refractivity contribution in [1.82, 2.24) is 0 Å². The van der Waals surface area contributed by atoms with E-state index in [1.54, 1.807) is 0 Å². The van der Waals surface area contributed by atoms with Crippen molar-refractivity contribution in [2.24, 2.45) is 0 Å². The van der Waals surface area contributed by atoms with Crippen LogP contribution in [0.3, 0.4) is 0 Å². The lowest BCUT2D eigenvalue weighted by molar-refractivity contribution is 0.669. The van der Waals surface area contributed by atoms with Crippen LogP contribution in [0.25, 0.3) is 75.1 Å². The van der Waals surface area contributed by atoms with Crippen molar-refractivity contribution in [3.63, 3.8) is 0 Å². The maximum atomic E-state index is 6.40. The molecule has 10 rings (SSSR count). The van der Waals surface area contributed by atoms with Gasteiger partial charge in [0.2, 0.25) is 0 Å². The first-order valence-electron chi connectivity index (χ1n) is 16.6. The van der Waals surface area contributed by atoms with Gasteiger partial charge < -0.3 is 9.32 Å². The van der Waals surface area contributed by atoms with Crippen LogP contribution in [-0.2, 0) is 0 Å². The standard InChI is InChI=1S/C46H29NOS/c1-2-11-30(12-3-1)32-25-27-35(28-26-32)47(40-19-10-22-43-44(40)39-15-6-7-21-42(39)48-43)41-20-9-18-38-37-17-8-16-36(45(37)49-46(38)41)34-24-23-31-13-4-5-14-33(31)29-34/h1-29H. The predicted octanol–water partition coefficient (Wildman–Crippen LogP) is 13.9. The maximum Gasteiger partial charge on any atom is 0.137 e. The van der Waals surface area contributed by atoms with Crippen LogP contribution in [0.1, 0.15) is 0 Å². The predicted molar refractivity (Wildman–Crippen MR) is 210 cm³/mol. The number of fused-ring (bicyclic) bond motifs is 7. The highest BCUT2D eigenvalue weighted by Crippen LogP contribution is 2.49. The van der Waals surface area contributed by atoms with Gasteiger partial charge in [0.25, 0.3) is 0 Å². The molecular weight excluding hydrogens is 615 g/mol. The lowest BCUT2D eigenvalue weighted by atomic mass is 9.99. The van der Waals surface area contributed by atoms with E-state index in [4.69, 9.17) is 4.42 Å². The number of para-hydroxylation sites is 1. The van der Waals surface area contributed by atoms with Gasteiger partial charge in [0.05, 0.1) is 21.5 Å². The monoisotopic (exact) mass is 643 g/mol. The Morgan fingerprint density at radius 2 is 1.04 bits per heavy atom. The normalized spacial score (nSPS) is 11.7. The minimum Gasteiger partial charge on any atom is -0.456 e. The van der Waals surface area contributed by atoms with Crippen LogP contribution in [0.5, 0.6) is 0 Å². The number of thiophene rings is 1. The van der Waals surface area contributed by atoms with E-state index in [0.717, 1.165) is 39.0 Å². The quantitative estimate of drug-likeness (QED) is 0.186. The third-order valence-electron chi connectivity index (χ3n) is 9.66. The first kappa shape index (κ1) is 27.9. The van der Waals surface area contributed by atoms with Crippen molar-refractivity contribution in [3.05, 3.63) is 176 Å². The Kier molecular flexibility index (Phi) is 6.39. The second-order valence-electron chi connectivity index (χ2n) is 12.5. The topological polar surface area (TPSA) is 16.4 Å². The number of hydrogen-bond donors (Lipinski definition) is 0. The third kappa shape index (κ3) is 4.55. The molecule has 0 bridgehead atoms. The smallest absolute Gasteiger partial charge is 0.137 e. The molecule has 0 spiro atoms. The Labute approximate surface area is 287 Å². The van der Waals surface area contributed by atoms with E-state index in [9.17, 15) is 0 Å². The van der Waals surface area contributed by atoms with E-state index < -0.39 is 0 Å². The summed E-state index contributed by atoms with van der Waals surface area (Å²) in [6.45, 7) is 0. The molecule has 0 aliphatic heterocycles. The van der Waals surface area contributed by atoms with E-state index in [0.29, 0.717) is 0 Å². The lowest BCUT2D eigenvalue weighted by Gasteiger charge is -2.27. The molecule has 0 N–H and O–H groups in total. The fraction of sp³-hybridized carbons (Fsp3) is 0. The molecule has 230 valence electrons. The fourth-order valence-electron chi connectivity index (χ4n) is 7.35. The Morgan fingerprint density at radius 1 is 0.408 bits per heavy atom. The van der Waals surface area contributed by atoms with Crippen molar-refractivity contribution in [1.29, 1.82) is 0 Å². The Balaban J connectivity index is 1.23. The summed E-state index contributed by atoms with van der Waals surface area (Å²) in [6, 6.07) is 63.1. The maximum absolute atomic E-state index is 6.40. The molecular formula is C46H29NOS. The highest BCUT2D eigenvalue weighted by atomic mass is 32.1. The average Bonchev–Trinajstić information content (AvgIpc) is 3.75. The van der Waals surface area contributed by atoms with Crippen molar-refractivity contribution < 1.29 is 4.42 Å². The van der Waals surface area contributed by atoms with Gasteiger partial charge in [0.15, 0.2) is 0 Å². The molecule has 0 aliphatic rings. The zero-order chi connectivity index (χ0) is 32.3. The van der Waals surface area contributed by atoms with Gasteiger partial charge in [0.1, 0.15) is 11.2 Å². The molecule has 2 nitrogen and oxygen atoms in total. The molecule has 49 heavy (non-hydrogen) atoms. The minimum atomic E-state index is 0.881. The van der Waals surface area contributed by atoms with Gasteiger partial charge in [-0.15, -0.1) is 11.3 Å². The van der Waals surface area contributed by atoms with Gasteiger partial charge >= 0.3 is 0 Å². The van der Waals surface area contributed by atoms with Crippen molar-refractivity contribution in [2.75, 3.05) is 4.90 Å². The summed E-state index contributed by atoms with van der Waals surface area (Å²) >= 11 is 1.88. The van der Waals surface area contributed by atoms with Crippen LogP contribution in [0.2, 0.25) is 0 Å². The number of rotatable bonds is 5. The zero-order valence-corrected chi connectivity index (χ0v) is 27.3. The lowest BCUT2D eigenvalue weighted by Crippen LogP contribution is -2.10. The number of hydrogen-bond acceptors (Lipinski definition) is 3. The third-order valence-corrected chi connectivity index (χ3v) is 10.9.